The van der Waals surface area contributed by atoms with E-state index in [1.165, 1.54) is 23.0 Å². The number of hydrogen-bond acceptors (Lipinski definition) is 2. The summed E-state index contributed by atoms with van der Waals surface area (Å²) in [6.45, 7) is 0. The van der Waals surface area contributed by atoms with E-state index in [4.69, 9.17) is 17.3 Å². The Morgan fingerprint density at radius 1 is 1.33 bits per heavy atom. The molecule has 0 aliphatic carbocycles. The first-order chi connectivity index (χ1) is 8.30. The van der Waals surface area contributed by atoms with Crippen molar-refractivity contribution in [1.82, 2.24) is 9.78 Å². The zero-order valence-electron chi connectivity index (χ0n) is 9.29. The van der Waals surface area contributed by atoms with Crippen LogP contribution in [0.25, 0.3) is 11.3 Å². The molecule has 0 atom stereocenters. The first kappa shape index (κ1) is 12.8. The summed E-state index contributed by atoms with van der Waals surface area (Å²) >= 11 is 5.55. The fourth-order valence-corrected chi connectivity index (χ4v) is 1.92. The predicted octanol–water partition coefficient (Wildman–Crippen LogP) is 3.34. The van der Waals surface area contributed by atoms with E-state index in [1.807, 2.05) is 0 Å². The molecule has 0 bridgehead atoms. The Morgan fingerprint density at radius 3 is 2.50 bits per heavy atom. The monoisotopic (exact) mass is 275 g/mol. The average Bonchev–Trinajstić information content (AvgIpc) is 2.58. The summed E-state index contributed by atoms with van der Waals surface area (Å²) in [6.07, 6.45) is -3.11. The van der Waals surface area contributed by atoms with E-state index in [0.29, 0.717) is 16.9 Å². The third kappa shape index (κ3) is 2.15. The number of nitrogens with zero attached hydrogens (tertiary/aromatic N) is 2. The van der Waals surface area contributed by atoms with Crippen LogP contribution < -0.4 is 5.73 Å². The number of aromatic nitrogens is 2. The molecule has 0 aliphatic rings. The fraction of sp³-hybridized carbons (Fsp3) is 0.182. The van der Waals surface area contributed by atoms with Gasteiger partial charge in [-0.05, 0) is 12.1 Å². The standard InChI is InChI=1S/C11H9ClF3N3/c1-18-10(9(16)5-17-18)6-2-3-8(12)7(4-6)11(13,14)15/h2-5H,16H2,1H3. The van der Waals surface area contributed by atoms with Crippen LogP contribution in [0.4, 0.5) is 18.9 Å². The molecule has 0 saturated carbocycles. The number of rotatable bonds is 1. The maximum Gasteiger partial charge on any atom is 0.417 e. The van der Waals surface area contributed by atoms with Crippen molar-refractivity contribution in [2.75, 3.05) is 5.73 Å². The highest BCUT2D eigenvalue weighted by Crippen LogP contribution is 2.37. The SMILES string of the molecule is Cn1ncc(N)c1-c1ccc(Cl)c(C(F)(F)F)c1. The molecule has 0 fully saturated rings. The molecule has 0 amide bonds. The van der Waals surface area contributed by atoms with Gasteiger partial charge in [-0.2, -0.15) is 18.3 Å². The zero-order chi connectivity index (χ0) is 13.5. The lowest BCUT2D eigenvalue weighted by Crippen LogP contribution is -2.06. The van der Waals surface area contributed by atoms with E-state index in [9.17, 15) is 13.2 Å². The Morgan fingerprint density at radius 2 is 2.00 bits per heavy atom. The van der Waals surface area contributed by atoms with Crippen LogP contribution >= 0.6 is 11.6 Å². The van der Waals surface area contributed by atoms with Gasteiger partial charge in [-0.15, -0.1) is 0 Å². The maximum atomic E-state index is 12.7. The van der Waals surface area contributed by atoms with E-state index in [2.05, 4.69) is 5.10 Å². The number of hydrogen-bond donors (Lipinski definition) is 1. The summed E-state index contributed by atoms with van der Waals surface area (Å²) in [4.78, 5) is 0. The van der Waals surface area contributed by atoms with Gasteiger partial charge in [0.2, 0.25) is 0 Å². The van der Waals surface area contributed by atoms with E-state index >= 15 is 0 Å². The molecular formula is C11H9ClF3N3. The number of benzene rings is 1. The van der Waals surface area contributed by atoms with Gasteiger partial charge in [0.05, 0.1) is 28.2 Å². The summed E-state index contributed by atoms with van der Waals surface area (Å²) in [5, 5.41) is 3.54. The molecule has 0 spiro atoms. The van der Waals surface area contributed by atoms with E-state index in [0.717, 1.165) is 6.07 Å². The largest absolute Gasteiger partial charge is 0.417 e. The number of alkyl halides is 3. The number of nitrogen functional groups attached to an aromatic ring is 1. The van der Waals surface area contributed by atoms with Crippen LogP contribution in [0, 0.1) is 0 Å². The summed E-state index contributed by atoms with van der Waals surface area (Å²) in [7, 11) is 1.60. The molecule has 1 aromatic carbocycles. The normalized spacial score (nSPS) is 11.8. The van der Waals surface area contributed by atoms with Crippen molar-refractivity contribution < 1.29 is 13.2 Å². The second-order valence-electron chi connectivity index (χ2n) is 3.76. The highest BCUT2D eigenvalue weighted by atomic mass is 35.5. The number of halogens is 4. The van der Waals surface area contributed by atoms with Gasteiger partial charge < -0.3 is 5.73 Å². The summed E-state index contributed by atoms with van der Waals surface area (Å²) in [5.41, 5.74) is 5.85. The minimum absolute atomic E-state index is 0.313. The molecule has 0 radical (unpaired) electrons. The first-order valence-corrected chi connectivity index (χ1v) is 5.33. The van der Waals surface area contributed by atoms with Gasteiger partial charge in [0.25, 0.3) is 0 Å². The summed E-state index contributed by atoms with van der Waals surface area (Å²) in [5.74, 6) is 0. The smallest absolute Gasteiger partial charge is 0.396 e. The van der Waals surface area contributed by atoms with Gasteiger partial charge in [0.1, 0.15) is 0 Å². The third-order valence-electron chi connectivity index (χ3n) is 2.51. The molecule has 0 aliphatic heterocycles. The Balaban J connectivity index is 2.62. The molecule has 3 nitrogen and oxygen atoms in total. The lowest BCUT2D eigenvalue weighted by atomic mass is 10.1. The average molecular weight is 276 g/mol. The van der Waals surface area contributed by atoms with Gasteiger partial charge in [0.15, 0.2) is 0 Å². The second-order valence-corrected chi connectivity index (χ2v) is 4.17. The maximum absolute atomic E-state index is 12.7. The highest BCUT2D eigenvalue weighted by Gasteiger charge is 2.33. The van der Waals surface area contributed by atoms with Crippen LogP contribution in [0.2, 0.25) is 5.02 Å². The van der Waals surface area contributed by atoms with E-state index in [1.54, 1.807) is 7.05 Å². The van der Waals surface area contributed by atoms with Crippen molar-refractivity contribution in [2.45, 2.75) is 6.18 Å². The minimum atomic E-state index is -4.50. The van der Waals surface area contributed by atoms with Crippen LogP contribution in [0.15, 0.2) is 24.4 Å². The lowest BCUT2D eigenvalue weighted by molar-refractivity contribution is -0.137. The first-order valence-electron chi connectivity index (χ1n) is 4.95. The molecule has 0 unspecified atom stereocenters. The molecule has 2 rings (SSSR count). The molecule has 18 heavy (non-hydrogen) atoms. The zero-order valence-corrected chi connectivity index (χ0v) is 10.0. The van der Waals surface area contributed by atoms with Gasteiger partial charge >= 0.3 is 6.18 Å². The molecular weight excluding hydrogens is 267 g/mol. The van der Waals surface area contributed by atoms with Crippen LogP contribution in [0.3, 0.4) is 0 Å². The summed E-state index contributed by atoms with van der Waals surface area (Å²) < 4.78 is 39.6. The molecule has 0 saturated heterocycles. The van der Waals surface area contributed by atoms with Crippen molar-refractivity contribution in [2.24, 2.45) is 7.05 Å². The molecule has 2 N–H and O–H groups in total. The van der Waals surface area contributed by atoms with Crippen LogP contribution in [-0.4, -0.2) is 9.78 Å². The Kier molecular flexibility index (Phi) is 2.98. The second kappa shape index (κ2) is 4.20. The van der Waals surface area contributed by atoms with Gasteiger partial charge in [0, 0.05) is 12.6 Å². The Labute approximate surface area is 106 Å². The van der Waals surface area contributed by atoms with E-state index in [-0.39, 0.29) is 5.02 Å². The predicted molar refractivity (Wildman–Crippen MR) is 63.1 cm³/mol. The van der Waals surface area contributed by atoms with Crippen LogP contribution in [-0.2, 0) is 13.2 Å². The van der Waals surface area contributed by atoms with Crippen molar-refractivity contribution in [3.05, 3.63) is 35.0 Å². The molecule has 7 heteroatoms. The Bertz CT molecular complexity index is 570. The highest BCUT2D eigenvalue weighted by molar-refractivity contribution is 6.31. The molecule has 2 aromatic rings. The number of nitrogens with two attached hydrogens (primary N) is 1. The number of aryl methyl sites for hydroxylation is 1. The third-order valence-corrected chi connectivity index (χ3v) is 2.84. The van der Waals surface area contributed by atoms with Crippen molar-refractivity contribution in [3.8, 4) is 11.3 Å². The van der Waals surface area contributed by atoms with Gasteiger partial charge in [-0.1, -0.05) is 17.7 Å². The van der Waals surface area contributed by atoms with Gasteiger partial charge in [-0.3, -0.25) is 4.68 Å². The molecule has 96 valence electrons. The van der Waals surface area contributed by atoms with Crippen molar-refractivity contribution >= 4 is 17.3 Å². The summed E-state index contributed by atoms with van der Waals surface area (Å²) in [6, 6.07) is 3.65. The Hall–Kier alpha value is -1.69. The fourth-order valence-electron chi connectivity index (χ4n) is 1.70. The molecule has 1 aromatic heterocycles. The van der Waals surface area contributed by atoms with Crippen LogP contribution in [0.1, 0.15) is 5.56 Å². The van der Waals surface area contributed by atoms with Crippen molar-refractivity contribution in [1.29, 1.82) is 0 Å². The molecule has 1 heterocycles. The van der Waals surface area contributed by atoms with Gasteiger partial charge in [-0.25, -0.2) is 0 Å². The lowest BCUT2D eigenvalue weighted by Gasteiger charge is -2.11. The quantitative estimate of drug-likeness (QED) is 0.867. The topological polar surface area (TPSA) is 43.8 Å². The minimum Gasteiger partial charge on any atom is -0.396 e. The van der Waals surface area contributed by atoms with E-state index < -0.39 is 11.7 Å². The number of anilines is 1. The van der Waals surface area contributed by atoms with Crippen molar-refractivity contribution in [3.63, 3.8) is 0 Å². The van der Waals surface area contributed by atoms with Crippen LogP contribution in [0.5, 0.6) is 0 Å².